The SMILES string of the molecule is O=C(CCN1C(=O)/C(=C\c2ccccc2)SC1=S)NCCCn1ccnc1. The van der Waals surface area contributed by atoms with Crippen LogP contribution in [0.3, 0.4) is 0 Å². The zero-order valence-electron chi connectivity index (χ0n) is 14.7. The third kappa shape index (κ3) is 5.51. The second-order valence-corrected chi connectivity index (χ2v) is 7.67. The van der Waals surface area contributed by atoms with E-state index in [1.54, 1.807) is 12.5 Å². The maximum atomic E-state index is 12.5. The summed E-state index contributed by atoms with van der Waals surface area (Å²) in [4.78, 5) is 30.6. The molecule has 0 saturated carbocycles. The molecule has 1 aromatic carbocycles. The molecule has 140 valence electrons. The molecule has 0 radical (unpaired) electrons. The molecule has 1 fully saturated rings. The van der Waals surface area contributed by atoms with Crippen molar-refractivity contribution in [3.63, 3.8) is 0 Å². The van der Waals surface area contributed by atoms with E-state index in [0.29, 0.717) is 22.3 Å². The Morgan fingerprint density at radius 3 is 2.81 bits per heavy atom. The molecule has 1 N–H and O–H groups in total. The number of rotatable bonds is 8. The Hall–Kier alpha value is -2.45. The van der Waals surface area contributed by atoms with Gasteiger partial charge in [-0.1, -0.05) is 54.3 Å². The van der Waals surface area contributed by atoms with Crippen LogP contribution in [0, 0.1) is 0 Å². The van der Waals surface area contributed by atoms with E-state index in [2.05, 4.69) is 10.3 Å². The van der Waals surface area contributed by atoms with Gasteiger partial charge in [0.05, 0.1) is 11.2 Å². The first kappa shape index (κ1) is 19.3. The quantitative estimate of drug-likeness (QED) is 0.419. The zero-order chi connectivity index (χ0) is 19.1. The fourth-order valence-electron chi connectivity index (χ4n) is 2.60. The van der Waals surface area contributed by atoms with Gasteiger partial charge in [0.25, 0.3) is 5.91 Å². The summed E-state index contributed by atoms with van der Waals surface area (Å²) >= 11 is 6.58. The van der Waals surface area contributed by atoms with Crippen LogP contribution in [0.5, 0.6) is 0 Å². The monoisotopic (exact) mass is 400 g/mol. The van der Waals surface area contributed by atoms with Gasteiger partial charge >= 0.3 is 0 Å². The lowest BCUT2D eigenvalue weighted by Crippen LogP contribution is -2.34. The molecule has 27 heavy (non-hydrogen) atoms. The van der Waals surface area contributed by atoms with Crippen LogP contribution in [0.2, 0.25) is 0 Å². The maximum Gasteiger partial charge on any atom is 0.266 e. The highest BCUT2D eigenvalue weighted by molar-refractivity contribution is 8.26. The Bertz CT molecular complexity index is 835. The number of aryl methyl sites for hydroxylation is 1. The van der Waals surface area contributed by atoms with Gasteiger partial charge in [-0.3, -0.25) is 14.5 Å². The van der Waals surface area contributed by atoms with Crippen molar-refractivity contribution in [2.45, 2.75) is 19.4 Å². The van der Waals surface area contributed by atoms with Crippen LogP contribution in [0.25, 0.3) is 6.08 Å². The number of carbonyl (C=O) groups excluding carboxylic acids is 2. The Morgan fingerprint density at radius 2 is 2.07 bits per heavy atom. The van der Waals surface area contributed by atoms with Crippen molar-refractivity contribution in [1.29, 1.82) is 0 Å². The van der Waals surface area contributed by atoms with Crippen molar-refractivity contribution in [2.24, 2.45) is 0 Å². The van der Waals surface area contributed by atoms with Gasteiger partial charge in [0.15, 0.2) is 0 Å². The summed E-state index contributed by atoms with van der Waals surface area (Å²) in [5.74, 6) is -0.219. The number of thioether (sulfide) groups is 1. The molecule has 1 saturated heterocycles. The van der Waals surface area contributed by atoms with E-state index in [-0.39, 0.29) is 18.2 Å². The number of thiocarbonyl (C=S) groups is 1. The van der Waals surface area contributed by atoms with Gasteiger partial charge in [-0.2, -0.15) is 0 Å². The maximum absolute atomic E-state index is 12.5. The molecule has 0 aliphatic carbocycles. The van der Waals surface area contributed by atoms with Gasteiger partial charge in [-0.25, -0.2) is 4.98 Å². The summed E-state index contributed by atoms with van der Waals surface area (Å²) in [7, 11) is 0. The Kier molecular flexibility index (Phi) is 6.78. The van der Waals surface area contributed by atoms with Crippen LogP contribution in [0.4, 0.5) is 0 Å². The number of nitrogens with one attached hydrogen (secondary N) is 1. The molecule has 2 heterocycles. The fourth-order valence-corrected chi connectivity index (χ4v) is 3.91. The number of nitrogens with zero attached hydrogens (tertiary/aromatic N) is 3. The summed E-state index contributed by atoms with van der Waals surface area (Å²) in [6.45, 7) is 1.69. The molecule has 0 bridgehead atoms. The molecule has 6 nitrogen and oxygen atoms in total. The highest BCUT2D eigenvalue weighted by Gasteiger charge is 2.31. The lowest BCUT2D eigenvalue weighted by Gasteiger charge is -2.14. The van der Waals surface area contributed by atoms with Gasteiger partial charge in [-0.05, 0) is 18.1 Å². The molecule has 0 unspecified atom stereocenters. The molecule has 1 aliphatic rings. The predicted octanol–water partition coefficient (Wildman–Crippen LogP) is 2.68. The summed E-state index contributed by atoms with van der Waals surface area (Å²) in [5.41, 5.74) is 0.952. The molecule has 8 heteroatoms. The van der Waals surface area contributed by atoms with Crippen LogP contribution < -0.4 is 5.32 Å². The lowest BCUT2D eigenvalue weighted by molar-refractivity contribution is -0.123. The van der Waals surface area contributed by atoms with Crippen molar-refractivity contribution in [1.82, 2.24) is 19.8 Å². The Balaban J connectivity index is 1.43. The first-order valence-corrected chi connectivity index (χ1v) is 9.89. The zero-order valence-corrected chi connectivity index (χ0v) is 16.3. The van der Waals surface area contributed by atoms with E-state index in [0.717, 1.165) is 18.5 Å². The average Bonchev–Trinajstić information content (AvgIpc) is 3.27. The lowest BCUT2D eigenvalue weighted by atomic mass is 10.2. The molecule has 1 aromatic heterocycles. The first-order chi connectivity index (χ1) is 13.1. The molecule has 3 rings (SSSR count). The number of imidazole rings is 1. The summed E-state index contributed by atoms with van der Waals surface area (Å²) in [6, 6.07) is 9.64. The number of carbonyl (C=O) groups is 2. The van der Waals surface area contributed by atoms with Gasteiger partial charge in [0, 0.05) is 38.4 Å². The van der Waals surface area contributed by atoms with Crippen molar-refractivity contribution in [2.75, 3.05) is 13.1 Å². The van der Waals surface area contributed by atoms with E-state index in [9.17, 15) is 9.59 Å². The minimum atomic E-state index is -0.137. The Morgan fingerprint density at radius 1 is 1.26 bits per heavy atom. The topological polar surface area (TPSA) is 67.2 Å². The Labute approximate surface area is 167 Å². The summed E-state index contributed by atoms with van der Waals surface area (Å²) < 4.78 is 2.46. The standard InChI is InChI=1S/C19H20N4O2S2/c24-17(21-8-4-10-22-12-9-20-14-22)7-11-23-18(25)16(27-19(23)26)13-15-5-2-1-3-6-15/h1-3,5-6,9,12-14H,4,7-8,10-11H2,(H,21,24)/b16-13+. The average molecular weight is 401 g/mol. The third-order valence-corrected chi connectivity index (χ3v) is 5.39. The van der Waals surface area contributed by atoms with Crippen molar-refractivity contribution < 1.29 is 9.59 Å². The van der Waals surface area contributed by atoms with Crippen LogP contribution in [-0.2, 0) is 16.1 Å². The summed E-state index contributed by atoms with van der Waals surface area (Å²) in [5, 5.41) is 2.87. The minimum absolute atomic E-state index is 0.0817. The third-order valence-electron chi connectivity index (χ3n) is 4.01. The van der Waals surface area contributed by atoms with Gasteiger partial charge < -0.3 is 9.88 Å². The first-order valence-electron chi connectivity index (χ1n) is 8.66. The number of aromatic nitrogens is 2. The largest absolute Gasteiger partial charge is 0.356 e. The van der Waals surface area contributed by atoms with Crippen molar-refractivity contribution in [3.8, 4) is 0 Å². The highest BCUT2D eigenvalue weighted by Crippen LogP contribution is 2.32. The molecule has 1 aliphatic heterocycles. The van der Waals surface area contributed by atoms with E-state index in [4.69, 9.17) is 12.2 Å². The number of amides is 2. The normalized spacial score (nSPS) is 15.6. The molecule has 2 aromatic rings. The second kappa shape index (κ2) is 9.48. The van der Waals surface area contributed by atoms with Crippen LogP contribution in [0.15, 0.2) is 54.0 Å². The fraction of sp³-hybridized carbons (Fsp3) is 0.263. The van der Waals surface area contributed by atoms with E-state index < -0.39 is 0 Å². The number of hydrogen-bond acceptors (Lipinski definition) is 5. The van der Waals surface area contributed by atoms with Gasteiger partial charge in [0.1, 0.15) is 4.32 Å². The van der Waals surface area contributed by atoms with Crippen LogP contribution >= 0.6 is 24.0 Å². The molecular weight excluding hydrogens is 380 g/mol. The summed E-state index contributed by atoms with van der Waals surface area (Å²) in [6.07, 6.45) is 8.25. The van der Waals surface area contributed by atoms with E-state index in [1.165, 1.54) is 16.7 Å². The molecule has 0 spiro atoms. The smallest absolute Gasteiger partial charge is 0.266 e. The predicted molar refractivity (Wildman–Crippen MR) is 111 cm³/mol. The van der Waals surface area contributed by atoms with Crippen LogP contribution in [-0.4, -0.2) is 43.7 Å². The van der Waals surface area contributed by atoms with E-state index in [1.807, 2.05) is 47.2 Å². The van der Waals surface area contributed by atoms with Gasteiger partial charge in [-0.15, -0.1) is 0 Å². The van der Waals surface area contributed by atoms with Crippen molar-refractivity contribution in [3.05, 3.63) is 59.5 Å². The molecular formula is C19H20N4O2S2. The van der Waals surface area contributed by atoms with Crippen molar-refractivity contribution >= 4 is 46.2 Å². The molecule has 2 amide bonds. The van der Waals surface area contributed by atoms with Gasteiger partial charge in [0.2, 0.25) is 5.91 Å². The highest BCUT2D eigenvalue weighted by atomic mass is 32.2. The second-order valence-electron chi connectivity index (χ2n) is 6.00. The van der Waals surface area contributed by atoms with Crippen LogP contribution in [0.1, 0.15) is 18.4 Å². The number of hydrogen-bond donors (Lipinski definition) is 1. The minimum Gasteiger partial charge on any atom is -0.356 e. The molecule has 0 atom stereocenters. The number of benzene rings is 1. The van der Waals surface area contributed by atoms with E-state index >= 15 is 0 Å².